The second-order valence-corrected chi connectivity index (χ2v) is 6.35. The van der Waals surface area contributed by atoms with E-state index in [1.807, 2.05) is 11.4 Å². The first kappa shape index (κ1) is 17.5. The Labute approximate surface area is 140 Å². The van der Waals surface area contributed by atoms with Crippen molar-refractivity contribution >= 4 is 23.3 Å². The molecule has 23 heavy (non-hydrogen) atoms. The van der Waals surface area contributed by atoms with Crippen molar-refractivity contribution in [3.05, 3.63) is 33.7 Å². The maximum absolute atomic E-state index is 12.2. The number of hydrogen-bond acceptors (Lipinski definition) is 5. The summed E-state index contributed by atoms with van der Waals surface area (Å²) in [6.45, 7) is 8.03. The fourth-order valence-corrected chi connectivity index (χ4v) is 3.28. The number of rotatable bonds is 7. The molecule has 0 radical (unpaired) electrons. The molecular weight excluding hydrogens is 314 g/mol. The molecule has 0 fully saturated rings. The number of thiophene rings is 1. The molecule has 0 saturated carbocycles. The summed E-state index contributed by atoms with van der Waals surface area (Å²) in [4.78, 5) is 27.4. The van der Waals surface area contributed by atoms with Gasteiger partial charge in [-0.05, 0) is 31.8 Å². The first-order chi connectivity index (χ1) is 11.0. The van der Waals surface area contributed by atoms with Crippen LogP contribution in [-0.2, 0) is 16.1 Å². The van der Waals surface area contributed by atoms with E-state index in [4.69, 9.17) is 4.74 Å². The van der Waals surface area contributed by atoms with Crippen LogP contribution in [0.25, 0.3) is 0 Å². The molecule has 0 saturated heterocycles. The Balaban J connectivity index is 2.20. The van der Waals surface area contributed by atoms with Gasteiger partial charge in [0.25, 0.3) is 0 Å². The fourth-order valence-electron chi connectivity index (χ4n) is 2.53. The number of nitrogens with one attached hydrogen (secondary N) is 2. The zero-order chi connectivity index (χ0) is 16.8. The van der Waals surface area contributed by atoms with Gasteiger partial charge in [-0.3, -0.25) is 4.90 Å². The number of likely N-dealkylation sites (N-methyl/N-ethyl adjacent to an activating group) is 1. The van der Waals surface area contributed by atoms with Gasteiger partial charge in [-0.1, -0.05) is 13.0 Å². The smallest absolute Gasteiger partial charge is 0.337 e. The zero-order valence-electron chi connectivity index (χ0n) is 13.7. The highest BCUT2D eigenvalue weighted by molar-refractivity contribution is 7.09. The average molecular weight is 337 g/mol. The summed E-state index contributed by atoms with van der Waals surface area (Å²) in [5.41, 5.74) is 1.12. The molecule has 0 aliphatic carbocycles. The molecule has 1 aliphatic heterocycles. The van der Waals surface area contributed by atoms with E-state index in [1.165, 1.54) is 4.88 Å². The first-order valence-electron chi connectivity index (χ1n) is 7.77. The number of nitrogens with zero attached hydrogens (tertiary/aromatic N) is 1. The molecule has 2 amide bonds. The van der Waals surface area contributed by atoms with Gasteiger partial charge in [0.2, 0.25) is 0 Å². The van der Waals surface area contributed by atoms with Gasteiger partial charge in [0.1, 0.15) is 0 Å². The van der Waals surface area contributed by atoms with E-state index in [9.17, 15) is 9.59 Å². The van der Waals surface area contributed by atoms with Gasteiger partial charge in [-0.25, -0.2) is 9.59 Å². The van der Waals surface area contributed by atoms with Gasteiger partial charge >= 0.3 is 12.0 Å². The maximum atomic E-state index is 12.2. The van der Waals surface area contributed by atoms with E-state index in [0.29, 0.717) is 24.4 Å². The van der Waals surface area contributed by atoms with E-state index < -0.39 is 0 Å². The van der Waals surface area contributed by atoms with Crippen LogP contribution in [0.15, 0.2) is 28.8 Å². The lowest BCUT2D eigenvalue weighted by atomic mass is 10.0. The molecule has 6 nitrogen and oxygen atoms in total. The number of carbonyl (C=O) groups excluding carboxylic acids is 2. The van der Waals surface area contributed by atoms with Crippen LogP contribution in [0.4, 0.5) is 4.79 Å². The highest BCUT2D eigenvalue weighted by atomic mass is 32.1. The van der Waals surface area contributed by atoms with Crippen LogP contribution >= 0.6 is 11.3 Å². The molecule has 0 spiro atoms. The molecule has 126 valence electrons. The fraction of sp³-hybridized carbons (Fsp3) is 0.500. The molecule has 1 aromatic rings. The predicted octanol–water partition coefficient (Wildman–Crippen LogP) is 2.09. The molecule has 0 aromatic carbocycles. The van der Waals surface area contributed by atoms with Crippen molar-refractivity contribution in [2.75, 3.05) is 19.7 Å². The molecule has 0 bridgehead atoms. The lowest BCUT2D eigenvalue weighted by molar-refractivity contribution is -0.139. The normalized spacial score (nSPS) is 17.9. The zero-order valence-corrected chi connectivity index (χ0v) is 14.5. The largest absolute Gasteiger partial charge is 0.463 e. The van der Waals surface area contributed by atoms with Crippen molar-refractivity contribution in [3.63, 3.8) is 0 Å². The number of amides is 2. The number of esters is 1. The van der Waals surface area contributed by atoms with Gasteiger partial charge in [0.05, 0.1) is 18.2 Å². The van der Waals surface area contributed by atoms with E-state index in [-0.39, 0.29) is 18.0 Å². The Kier molecular flexibility index (Phi) is 6.18. The lowest BCUT2D eigenvalue weighted by Gasteiger charge is -2.29. The third-order valence-corrected chi connectivity index (χ3v) is 4.52. The van der Waals surface area contributed by atoms with Crippen LogP contribution in [0.3, 0.4) is 0 Å². The monoisotopic (exact) mass is 337 g/mol. The predicted molar refractivity (Wildman–Crippen MR) is 90.1 cm³/mol. The molecule has 2 rings (SSSR count). The molecule has 1 aromatic heterocycles. The quantitative estimate of drug-likeness (QED) is 0.748. The van der Waals surface area contributed by atoms with Crippen molar-refractivity contribution in [1.29, 1.82) is 0 Å². The van der Waals surface area contributed by atoms with Gasteiger partial charge in [0, 0.05) is 23.7 Å². The van der Waals surface area contributed by atoms with Gasteiger partial charge in [-0.2, -0.15) is 0 Å². The Bertz CT molecular complexity index is 583. The second kappa shape index (κ2) is 8.12. The second-order valence-electron chi connectivity index (χ2n) is 5.32. The molecule has 1 unspecified atom stereocenters. The summed E-state index contributed by atoms with van der Waals surface area (Å²) in [5, 5.41) is 7.52. The first-order valence-corrected chi connectivity index (χ1v) is 8.65. The standard InChI is InChI=1S/C16H23N3O3S/c1-4-19(9-12-7-6-8-23-12)10-13-14(15(20)22-5-2)11(3)17-16(21)18-13/h6-8,11H,4-5,9-10H2,1-3H3,(H2,17,18,21). The molecule has 7 heteroatoms. The lowest BCUT2D eigenvalue weighted by Crippen LogP contribution is -2.51. The van der Waals surface area contributed by atoms with Crippen LogP contribution in [0.2, 0.25) is 0 Å². The minimum Gasteiger partial charge on any atom is -0.463 e. The maximum Gasteiger partial charge on any atom is 0.337 e. The van der Waals surface area contributed by atoms with Crippen molar-refractivity contribution in [1.82, 2.24) is 15.5 Å². The Morgan fingerprint density at radius 3 is 2.78 bits per heavy atom. The van der Waals surface area contributed by atoms with Crippen LogP contribution in [0, 0.1) is 0 Å². The van der Waals surface area contributed by atoms with Crippen molar-refractivity contribution in [3.8, 4) is 0 Å². The summed E-state index contributed by atoms with van der Waals surface area (Å²) in [7, 11) is 0. The molecule has 2 N–H and O–H groups in total. The van der Waals surface area contributed by atoms with E-state index in [2.05, 4.69) is 28.5 Å². The number of ether oxygens (including phenoxy) is 1. The van der Waals surface area contributed by atoms with Crippen LogP contribution in [0.1, 0.15) is 25.6 Å². The Morgan fingerprint density at radius 2 is 2.17 bits per heavy atom. The third kappa shape index (κ3) is 4.56. The molecular formula is C16H23N3O3S. The summed E-state index contributed by atoms with van der Waals surface area (Å²) in [6.07, 6.45) is 0. The van der Waals surface area contributed by atoms with Crippen LogP contribution in [0.5, 0.6) is 0 Å². The summed E-state index contributed by atoms with van der Waals surface area (Å²) in [6, 6.07) is 3.45. The molecule has 2 heterocycles. The Hall–Kier alpha value is -1.86. The number of carbonyl (C=O) groups is 2. The SMILES string of the molecule is CCOC(=O)C1=C(CN(CC)Cc2cccs2)NC(=O)NC1C. The van der Waals surface area contributed by atoms with Crippen LogP contribution in [-0.4, -0.2) is 42.6 Å². The topological polar surface area (TPSA) is 70.7 Å². The van der Waals surface area contributed by atoms with Gasteiger partial charge in [0.15, 0.2) is 0 Å². The average Bonchev–Trinajstić information content (AvgIpc) is 2.99. The number of hydrogen-bond donors (Lipinski definition) is 2. The van der Waals surface area contributed by atoms with Gasteiger partial charge in [-0.15, -0.1) is 11.3 Å². The number of urea groups is 1. The Morgan fingerprint density at radius 1 is 1.39 bits per heavy atom. The molecule has 1 atom stereocenters. The highest BCUT2D eigenvalue weighted by Crippen LogP contribution is 2.17. The third-order valence-electron chi connectivity index (χ3n) is 3.65. The highest BCUT2D eigenvalue weighted by Gasteiger charge is 2.30. The summed E-state index contributed by atoms with van der Waals surface area (Å²) < 4.78 is 5.13. The van der Waals surface area contributed by atoms with Crippen molar-refractivity contribution in [2.24, 2.45) is 0 Å². The van der Waals surface area contributed by atoms with Gasteiger partial charge < -0.3 is 15.4 Å². The van der Waals surface area contributed by atoms with Crippen LogP contribution < -0.4 is 10.6 Å². The van der Waals surface area contributed by atoms with E-state index in [1.54, 1.807) is 25.2 Å². The molecule has 1 aliphatic rings. The van der Waals surface area contributed by atoms with E-state index >= 15 is 0 Å². The van der Waals surface area contributed by atoms with E-state index in [0.717, 1.165) is 13.1 Å². The van der Waals surface area contributed by atoms with Crippen molar-refractivity contribution in [2.45, 2.75) is 33.4 Å². The summed E-state index contributed by atoms with van der Waals surface area (Å²) >= 11 is 1.70. The summed E-state index contributed by atoms with van der Waals surface area (Å²) in [5.74, 6) is -0.380. The minimum absolute atomic E-state index is 0.285. The van der Waals surface area contributed by atoms with Crippen molar-refractivity contribution < 1.29 is 14.3 Å². The minimum atomic E-state index is -0.380.